The van der Waals surface area contributed by atoms with Crippen molar-refractivity contribution >= 4 is 11.8 Å². The Bertz CT molecular complexity index is 1070. The Morgan fingerprint density at radius 1 is 1.06 bits per heavy atom. The summed E-state index contributed by atoms with van der Waals surface area (Å²) in [7, 11) is 0. The monoisotopic (exact) mass is 494 g/mol. The largest absolute Gasteiger partial charge is 0.457 e. The molecule has 0 bridgehead atoms. The molecule has 1 aromatic rings. The summed E-state index contributed by atoms with van der Waals surface area (Å²) in [6.07, 6.45) is 4.86. The maximum Gasteiger partial charge on any atom is 0.316 e. The van der Waals surface area contributed by atoms with Gasteiger partial charge in [0.1, 0.15) is 12.0 Å². The van der Waals surface area contributed by atoms with E-state index in [4.69, 9.17) is 14.2 Å². The molecule has 1 spiro atoms. The summed E-state index contributed by atoms with van der Waals surface area (Å²) in [5, 5.41) is 0. The Balaban J connectivity index is 2.02. The van der Waals surface area contributed by atoms with Crippen molar-refractivity contribution in [1.29, 1.82) is 0 Å². The number of ether oxygens (including phenoxy) is 3. The first-order valence-electron chi connectivity index (χ1n) is 13.0. The normalized spacial score (nSPS) is 33.5. The minimum absolute atomic E-state index is 0.0866. The minimum Gasteiger partial charge on any atom is -0.457 e. The lowest BCUT2D eigenvalue weighted by molar-refractivity contribution is -0.163. The number of cyclic esters (lactones) is 1. The first-order chi connectivity index (χ1) is 16.9. The smallest absolute Gasteiger partial charge is 0.316 e. The van der Waals surface area contributed by atoms with Gasteiger partial charge in [-0.2, -0.15) is 0 Å². The zero-order valence-corrected chi connectivity index (χ0v) is 23.2. The molecule has 0 unspecified atom stereocenters. The number of aryl methyl sites for hydroxylation is 3. The van der Waals surface area contributed by atoms with Crippen molar-refractivity contribution in [3.63, 3.8) is 0 Å². The maximum absolute atomic E-state index is 13.9. The third-order valence-electron chi connectivity index (χ3n) is 7.26. The topological polar surface area (TPSA) is 61.8 Å². The van der Waals surface area contributed by atoms with E-state index in [1.54, 1.807) is 6.92 Å². The summed E-state index contributed by atoms with van der Waals surface area (Å²) in [5.41, 5.74) is 5.90. The van der Waals surface area contributed by atoms with Crippen molar-refractivity contribution in [2.45, 2.75) is 92.6 Å². The molecule has 5 heteroatoms. The van der Waals surface area contributed by atoms with Crippen LogP contribution in [0.2, 0.25) is 0 Å². The first-order valence-corrected chi connectivity index (χ1v) is 13.0. The molecule has 0 aliphatic carbocycles. The molecule has 196 valence electrons. The van der Waals surface area contributed by atoms with Crippen LogP contribution in [0.1, 0.15) is 82.4 Å². The molecule has 36 heavy (non-hydrogen) atoms. The molecule has 0 saturated carbocycles. The van der Waals surface area contributed by atoms with Crippen molar-refractivity contribution in [1.82, 2.24) is 0 Å². The highest BCUT2D eigenvalue weighted by Gasteiger charge is 2.51. The van der Waals surface area contributed by atoms with Crippen LogP contribution in [0.15, 0.2) is 47.6 Å². The van der Waals surface area contributed by atoms with Gasteiger partial charge in [0.05, 0.1) is 6.61 Å². The molecular weight excluding hydrogens is 452 g/mol. The standard InChI is InChI=1S/C31H42O5/c1-10-26-22(6)13-19(3)11-18(2)12-21(5)16-31(28(32)25(9)29(33)35-26)17-34-30(36-31)27-23(7)14-20(4)15-24(27)8/h12-15,18,25-26,30H,3,10-11,16-17H2,1-2,4-9H3/b21-12+,22-13+/t18-,25+,26-,30+,31-/m0/s1. The molecule has 0 N–H and O–H groups in total. The van der Waals surface area contributed by atoms with E-state index in [0.717, 1.165) is 45.4 Å². The fourth-order valence-corrected chi connectivity index (χ4v) is 5.68. The number of rotatable bonds is 2. The molecule has 2 heterocycles. The van der Waals surface area contributed by atoms with E-state index in [1.807, 2.05) is 40.7 Å². The number of carbonyl (C=O) groups is 2. The number of allylic oxidation sites excluding steroid dienone is 3. The van der Waals surface area contributed by atoms with E-state index >= 15 is 0 Å². The van der Waals surface area contributed by atoms with Crippen molar-refractivity contribution in [3.8, 4) is 0 Å². The summed E-state index contributed by atoms with van der Waals surface area (Å²) in [6, 6.07) is 4.19. The van der Waals surface area contributed by atoms with Gasteiger partial charge >= 0.3 is 5.97 Å². The molecule has 2 aliphatic heterocycles. The highest BCUT2D eigenvalue weighted by molar-refractivity contribution is 6.03. The van der Waals surface area contributed by atoms with Crippen molar-refractivity contribution < 1.29 is 23.8 Å². The fraction of sp³-hybridized carbons (Fsp3) is 0.548. The third-order valence-corrected chi connectivity index (χ3v) is 7.26. The molecule has 0 radical (unpaired) electrons. The van der Waals surface area contributed by atoms with Crippen LogP contribution in [-0.2, 0) is 23.8 Å². The molecule has 3 rings (SSSR count). The molecule has 1 saturated heterocycles. The van der Waals surface area contributed by atoms with Gasteiger partial charge in [-0.05, 0) is 77.0 Å². The summed E-state index contributed by atoms with van der Waals surface area (Å²) in [5.74, 6) is -1.58. The average molecular weight is 495 g/mol. The highest BCUT2D eigenvalue weighted by Crippen LogP contribution is 2.42. The van der Waals surface area contributed by atoms with E-state index in [1.165, 1.54) is 0 Å². The van der Waals surface area contributed by atoms with Crippen LogP contribution in [0, 0.1) is 32.6 Å². The van der Waals surface area contributed by atoms with Gasteiger partial charge in [-0.1, -0.05) is 61.4 Å². The van der Waals surface area contributed by atoms with Gasteiger partial charge in [0.2, 0.25) is 0 Å². The van der Waals surface area contributed by atoms with Crippen LogP contribution in [-0.4, -0.2) is 30.1 Å². The van der Waals surface area contributed by atoms with Gasteiger partial charge in [-0.15, -0.1) is 0 Å². The number of benzene rings is 1. The van der Waals surface area contributed by atoms with Gasteiger partial charge in [-0.3, -0.25) is 9.59 Å². The van der Waals surface area contributed by atoms with E-state index in [2.05, 4.69) is 38.6 Å². The van der Waals surface area contributed by atoms with Crippen LogP contribution in [0.3, 0.4) is 0 Å². The zero-order valence-electron chi connectivity index (χ0n) is 23.2. The Morgan fingerprint density at radius 3 is 2.31 bits per heavy atom. The van der Waals surface area contributed by atoms with Crippen LogP contribution < -0.4 is 0 Å². The molecule has 1 fully saturated rings. The van der Waals surface area contributed by atoms with Crippen molar-refractivity contribution in [3.05, 3.63) is 69.8 Å². The average Bonchev–Trinajstić information content (AvgIpc) is 3.18. The Morgan fingerprint density at radius 2 is 1.69 bits per heavy atom. The number of hydrogen-bond donors (Lipinski definition) is 0. The Kier molecular flexibility index (Phi) is 8.79. The number of Topliss-reactive ketones (excluding diaryl/α,β-unsaturated/α-hetero) is 1. The number of ketones is 1. The molecule has 2 aliphatic rings. The Hall–Kier alpha value is -2.50. The second-order valence-electron chi connectivity index (χ2n) is 10.9. The molecule has 5 nitrogen and oxygen atoms in total. The molecule has 5 atom stereocenters. The fourth-order valence-electron chi connectivity index (χ4n) is 5.68. The lowest BCUT2D eigenvalue weighted by atomic mass is 9.84. The third kappa shape index (κ3) is 6.07. The predicted octanol–water partition coefficient (Wildman–Crippen LogP) is 6.80. The predicted molar refractivity (Wildman–Crippen MR) is 143 cm³/mol. The van der Waals surface area contributed by atoms with Crippen LogP contribution >= 0.6 is 0 Å². The zero-order chi connectivity index (χ0) is 26.8. The van der Waals surface area contributed by atoms with Gasteiger partial charge < -0.3 is 14.2 Å². The quantitative estimate of drug-likeness (QED) is 0.257. The molecular formula is C31H42O5. The molecule has 0 amide bonds. The van der Waals surface area contributed by atoms with Gasteiger partial charge in [0.15, 0.2) is 17.7 Å². The van der Waals surface area contributed by atoms with Crippen molar-refractivity contribution in [2.24, 2.45) is 11.8 Å². The summed E-state index contributed by atoms with van der Waals surface area (Å²) in [4.78, 5) is 27.1. The van der Waals surface area contributed by atoms with Gasteiger partial charge in [0.25, 0.3) is 0 Å². The van der Waals surface area contributed by atoms with Gasteiger partial charge in [-0.25, -0.2) is 0 Å². The Labute approximate surface area is 216 Å². The molecule has 0 aromatic heterocycles. The van der Waals surface area contributed by atoms with Crippen LogP contribution in [0.25, 0.3) is 0 Å². The lowest BCUT2D eigenvalue weighted by Crippen LogP contribution is -2.47. The summed E-state index contributed by atoms with van der Waals surface area (Å²) >= 11 is 0. The van der Waals surface area contributed by atoms with E-state index < -0.39 is 29.9 Å². The number of carbonyl (C=O) groups excluding carboxylic acids is 2. The summed E-state index contributed by atoms with van der Waals surface area (Å²) in [6.45, 7) is 20.1. The molecule has 1 aromatic carbocycles. The van der Waals surface area contributed by atoms with Crippen LogP contribution in [0.5, 0.6) is 0 Å². The van der Waals surface area contributed by atoms with Crippen molar-refractivity contribution in [2.75, 3.05) is 6.61 Å². The second-order valence-corrected chi connectivity index (χ2v) is 10.9. The number of esters is 1. The van der Waals surface area contributed by atoms with E-state index in [9.17, 15) is 9.59 Å². The van der Waals surface area contributed by atoms with Gasteiger partial charge in [0, 0.05) is 12.0 Å². The summed E-state index contributed by atoms with van der Waals surface area (Å²) < 4.78 is 18.5. The minimum atomic E-state index is -1.26. The first kappa shape index (κ1) is 28.1. The highest BCUT2D eigenvalue weighted by atomic mass is 16.7. The van der Waals surface area contributed by atoms with E-state index in [0.29, 0.717) is 12.8 Å². The lowest BCUT2D eigenvalue weighted by Gasteiger charge is -2.30. The second kappa shape index (κ2) is 11.3. The number of hydrogen-bond acceptors (Lipinski definition) is 5. The maximum atomic E-state index is 13.9. The van der Waals surface area contributed by atoms with E-state index in [-0.39, 0.29) is 18.3 Å². The SMILES string of the molecule is C=C1/C=C(\C)[C@H](CC)OC(=O)[C@H](C)C(=O)[C@@]2(CO[C@@H](c3c(C)cc(C)cc3C)O2)C/C(C)=C/[C@@H](C)C1. The van der Waals surface area contributed by atoms with Crippen LogP contribution in [0.4, 0.5) is 0 Å².